The van der Waals surface area contributed by atoms with Gasteiger partial charge in [0, 0.05) is 42.6 Å². The second-order valence-electron chi connectivity index (χ2n) is 6.98. The lowest BCUT2D eigenvalue weighted by atomic mass is 10.0. The molecule has 4 heterocycles. The molecule has 1 aliphatic heterocycles. The predicted molar refractivity (Wildman–Crippen MR) is 111 cm³/mol. The van der Waals surface area contributed by atoms with Crippen molar-refractivity contribution >= 4 is 23.0 Å². The molecule has 5 rings (SSSR count). The molecule has 1 aromatic carbocycles. The van der Waals surface area contributed by atoms with E-state index in [4.69, 9.17) is 0 Å². The summed E-state index contributed by atoms with van der Waals surface area (Å²) in [5.41, 5.74) is 6.20. The molecule has 2 amide bonds. The fourth-order valence-electron chi connectivity index (χ4n) is 3.81. The number of carbonyl (C=O) groups excluding carboxylic acids is 2. The van der Waals surface area contributed by atoms with E-state index < -0.39 is 0 Å². The molecule has 6 heteroatoms. The molecule has 1 aliphatic rings. The molecule has 0 spiro atoms. The minimum absolute atomic E-state index is 0.0348. The van der Waals surface area contributed by atoms with E-state index in [9.17, 15) is 9.59 Å². The first-order chi connectivity index (χ1) is 14.2. The van der Waals surface area contributed by atoms with Gasteiger partial charge >= 0.3 is 0 Å². The van der Waals surface area contributed by atoms with Crippen LogP contribution in [0.1, 0.15) is 26.3 Å². The highest BCUT2D eigenvalue weighted by Crippen LogP contribution is 2.32. The third-order valence-electron chi connectivity index (χ3n) is 5.18. The molecule has 3 aromatic heterocycles. The van der Waals surface area contributed by atoms with E-state index in [2.05, 4.69) is 21.8 Å². The SMILES string of the molecule is O=C(Nc1ccc(-c2cn3cccc4c3c2CCNC4=O)cc1)c1cccnc1. The van der Waals surface area contributed by atoms with Crippen molar-refractivity contribution in [2.45, 2.75) is 6.42 Å². The quantitative estimate of drug-likeness (QED) is 0.569. The van der Waals surface area contributed by atoms with Crippen LogP contribution < -0.4 is 10.6 Å². The molecule has 0 saturated carbocycles. The average molecular weight is 382 g/mol. The number of benzene rings is 1. The van der Waals surface area contributed by atoms with E-state index >= 15 is 0 Å². The number of amides is 2. The standard InChI is InChI=1S/C23H18N4O2/c28-22(16-3-1-10-24-13-16)26-17-7-5-15(6-8-17)20-14-27-12-2-4-19-21(27)18(20)9-11-25-23(19)29/h1-8,10,12-14H,9,11H2,(H,25,29)(H,26,28). The highest BCUT2D eigenvalue weighted by Gasteiger charge is 2.21. The van der Waals surface area contributed by atoms with Crippen molar-refractivity contribution in [3.63, 3.8) is 0 Å². The van der Waals surface area contributed by atoms with Gasteiger partial charge in [0.05, 0.1) is 16.6 Å². The first-order valence-corrected chi connectivity index (χ1v) is 9.43. The van der Waals surface area contributed by atoms with Gasteiger partial charge in [-0.3, -0.25) is 14.6 Å². The number of carbonyl (C=O) groups is 2. The van der Waals surface area contributed by atoms with E-state index in [1.54, 1.807) is 18.3 Å². The Bertz CT molecular complexity index is 1230. The second-order valence-corrected chi connectivity index (χ2v) is 6.98. The second kappa shape index (κ2) is 6.91. The largest absolute Gasteiger partial charge is 0.352 e. The van der Waals surface area contributed by atoms with Crippen molar-refractivity contribution in [2.24, 2.45) is 0 Å². The van der Waals surface area contributed by atoms with Gasteiger partial charge in [-0.1, -0.05) is 12.1 Å². The number of nitrogens with one attached hydrogen (secondary N) is 2. The molecule has 0 radical (unpaired) electrons. The molecule has 2 N–H and O–H groups in total. The molecule has 0 saturated heterocycles. The van der Waals surface area contributed by atoms with E-state index in [0.717, 1.165) is 34.3 Å². The maximum atomic E-state index is 12.3. The van der Waals surface area contributed by atoms with E-state index in [1.165, 1.54) is 6.20 Å². The molecule has 29 heavy (non-hydrogen) atoms. The topological polar surface area (TPSA) is 75.5 Å². The molecule has 0 atom stereocenters. The first-order valence-electron chi connectivity index (χ1n) is 9.43. The summed E-state index contributed by atoms with van der Waals surface area (Å²) in [5.74, 6) is -0.228. The Labute approximate surface area is 167 Å². The summed E-state index contributed by atoms with van der Waals surface area (Å²) >= 11 is 0. The van der Waals surface area contributed by atoms with Crippen molar-refractivity contribution in [1.29, 1.82) is 0 Å². The van der Waals surface area contributed by atoms with Crippen molar-refractivity contribution in [1.82, 2.24) is 14.7 Å². The number of rotatable bonds is 3. The smallest absolute Gasteiger partial charge is 0.257 e. The number of anilines is 1. The normalized spacial score (nSPS) is 13.0. The maximum Gasteiger partial charge on any atom is 0.257 e. The lowest BCUT2D eigenvalue weighted by Crippen LogP contribution is -2.23. The van der Waals surface area contributed by atoms with Crippen LogP contribution in [0.4, 0.5) is 5.69 Å². The summed E-state index contributed by atoms with van der Waals surface area (Å²) in [4.78, 5) is 28.6. The zero-order valence-corrected chi connectivity index (χ0v) is 15.6. The van der Waals surface area contributed by atoms with Gasteiger partial charge < -0.3 is 15.0 Å². The lowest BCUT2D eigenvalue weighted by molar-refractivity contribution is 0.0956. The Morgan fingerprint density at radius 1 is 1.07 bits per heavy atom. The summed E-state index contributed by atoms with van der Waals surface area (Å²) in [7, 11) is 0. The molecule has 4 aromatic rings. The Morgan fingerprint density at radius 2 is 1.93 bits per heavy atom. The zero-order valence-electron chi connectivity index (χ0n) is 15.6. The molecule has 6 nitrogen and oxygen atoms in total. The van der Waals surface area contributed by atoms with Crippen LogP contribution in [-0.2, 0) is 6.42 Å². The molecular weight excluding hydrogens is 364 g/mol. The number of nitrogens with zero attached hydrogens (tertiary/aromatic N) is 2. The Balaban J connectivity index is 1.48. The Hall–Kier alpha value is -3.93. The minimum Gasteiger partial charge on any atom is -0.352 e. The molecule has 0 bridgehead atoms. The summed E-state index contributed by atoms with van der Waals surface area (Å²) < 4.78 is 2.02. The van der Waals surface area contributed by atoms with Crippen LogP contribution in [0.3, 0.4) is 0 Å². The minimum atomic E-state index is -0.193. The van der Waals surface area contributed by atoms with Gasteiger partial charge in [0.15, 0.2) is 0 Å². The summed E-state index contributed by atoms with van der Waals surface area (Å²) in [5, 5.41) is 5.85. The Kier molecular flexibility index (Phi) is 4.09. The van der Waals surface area contributed by atoms with Crippen LogP contribution in [0, 0.1) is 0 Å². The third kappa shape index (κ3) is 3.04. The molecule has 142 valence electrons. The lowest BCUT2D eigenvalue weighted by Gasteiger charge is -2.07. The fraction of sp³-hybridized carbons (Fsp3) is 0.0870. The van der Waals surface area contributed by atoms with Crippen molar-refractivity contribution in [2.75, 3.05) is 11.9 Å². The van der Waals surface area contributed by atoms with E-state index in [1.807, 2.05) is 47.0 Å². The van der Waals surface area contributed by atoms with Gasteiger partial charge in [0.1, 0.15) is 0 Å². The van der Waals surface area contributed by atoms with Gasteiger partial charge in [-0.15, -0.1) is 0 Å². The summed E-state index contributed by atoms with van der Waals surface area (Å²) in [6, 6.07) is 15.0. The number of aromatic nitrogens is 2. The maximum absolute atomic E-state index is 12.3. The Morgan fingerprint density at radius 3 is 2.72 bits per heavy atom. The van der Waals surface area contributed by atoms with Crippen LogP contribution >= 0.6 is 0 Å². The van der Waals surface area contributed by atoms with Crippen LogP contribution in [0.25, 0.3) is 16.6 Å². The third-order valence-corrected chi connectivity index (χ3v) is 5.18. The predicted octanol–water partition coefficient (Wildman–Crippen LogP) is 3.54. The van der Waals surface area contributed by atoms with Gasteiger partial charge in [-0.25, -0.2) is 0 Å². The van der Waals surface area contributed by atoms with Gasteiger partial charge in [-0.05, 0) is 53.9 Å². The van der Waals surface area contributed by atoms with Gasteiger partial charge in [-0.2, -0.15) is 0 Å². The van der Waals surface area contributed by atoms with Crippen molar-refractivity contribution in [3.8, 4) is 11.1 Å². The average Bonchev–Trinajstić information content (AvgIpc) is 3.04. The highest BCUT2D eigenvalue weighted by molar-refractivity contribution is 6.05. The van der Waals surface area contributed by atoms with E-state index in [0.29, 0.717) is 17.7 Å². The summed E-state index contributed by atoms with van der Waals surface area (Å²) in [6.07, 6.45) is 7.98. The highest BCUT2D eigenvalue weighted by atomic mass is 16.2. The van der Waals surface area contributed by atoms with Crippen molar-refractivity contribution < 1.29 is 9.59 Å². The van der Waals surface area contributed by atoms with Crippen LogP contribution in [0.15, 0.2) is 73.3 Å². The number of pyridine rings is 2. The first kappa shape index (κ1) is 17.2. The molecular formula is C23H18N4O2. The summed E-state index contributed by atoms with van der Waals surface area (Å²) in [6.45, 7) is 0.611. The molecule has 0 unspecified atom stereocenters. The van der Waals surface area contributed by atoms with Gasteiger partial charge in [0.2, 0.25) is 0 Å². The van der Waals surface area contributed by atoms with Gasteiger partial charge in [0.25, 0.3) is 11.8 Å². The zero-order chi connectivity index (χ0) is 19.8. The van der Waals surface area contributed by atoms with Crippen LogP contribution in [-0.4, -0.2) is 27.7 Å². The van der Waals surface area contributed by atoms with E-state index in [-0.39, 0.29) is 11.8 Å². The van der Waals surface area contributed by atoms with Crippen LogP contribution in [0.2, 0.25) is 0 Å². The molecule has 0 aliphatic carbocycles. The fourth-order valence-corrected chi connectivity index (χ4v) is 3.81. The number of hydrogen-bond acceptors (Lipinski definition) is 3. The van der Waals surface area contributed by atoms with Crippen molar-refractivity contribution in [3.05, 3.63) is 90.0 Å². The number of hydrogen-bond donors (Lipinski definition) is 2. The van der Waals surface area contributed by atoms with Crippen LogP contribution in [0.5, 0.6) is 0 Å². The molecule has 0 fully saturated rings. The monoisotopic (exact) mass is 382 g/mol.